The zero-order chi connectivity index (χ0) is 18.0. The Labute approximate surface area is 147 Å². The highest BCUT2D eigenvalue weighted by Crippen LogP contribution is 2.25. The number of carbonyl (C=O) groups is 1. The summed E-state index contributed by atoms with van der Waals surface area (Å²) < 4.78 is 1.49. The molecule has 0 fully saturated rings. The van der Waals surface area contributed by atoms with Crippen molar-refractivity contribution in [3.8, 4) is 0 Å². The van der Waals surface area contributed by atoms with Gasteiger partial charge in [-0.2, -0.15) is 4.98 Å². The molecular weight excluding hydrogens is 314 g/mol. The van der Waals surface area contributed by atoms with E-state index in [0.717, 1.165) is 12.0 Å². The molecule has 0 unspecified atom stereocenters. The summed E-state index contributed by atoms with van der Waals surface area (Å²) in [6, 6.07) is 10.1. The predicted octanol–water partition coefficient (Wildman–Crippen LogP) is 3.30. The Morgan fingerprint density at radius 2 is 1.96 bits per heavy atom. The number of amides is 1. The van der Waals surface area contributed by atoms with Crippen LogP contribution in [0, 0.1) is 0 Å². The van der Waals surface area contributed by atoms with Gasteiger partial charge in [0.15, 0.2) is 0 Å². The summed E-state index contributed by atoms with van der Waals surface area (Å²) in [6.07, 6.45) is 4.12. The van der Waals surface area contributed by atoms with Crippen LogP contribution in [-0.2, 0) is 5.41 Å². The average molecular weight is 337 g/mol. The first kappa shape index (κ1) is 17.1. The summed E-state index contributed by atoms with van der Waals surface area (Å²) in [4.78, 5) is 20.8. The topological polar surface area (TPSA) is 72.2 Å². The first-order chi connectivity index (χ1) is 11.9. The minimum atomic E-state index is -0.294. The quantitative estimate of drug-likeness (QED) is 0.793. The van der Waals surface area contributed by atoms with Crippen molar-refractivity contribution in [1.82, 2.24) is 24.9 Å². The number of benzene rings is 1. The van der Waals surface area contributed by atoms with E-state index in [1.165, 1.54) is 10.1 Å². The van der Waals surface area contributed by atoms with Crippen LogP contribution in [-0.4, -0.2) is 25.5 Å². The number of nitrogens with one attached hydrogen (secondary N) is 1. The highest BCUT2D eigenvalue weighted by Gasteiger charge is 2.19. The maximum Gasteiger partial charge on any atom is 0.291 e. The first-order valence-electron chi connectivity index (χ1n) is 8.47. The van der Waals surface area contributed by atoms with Crippen LogP contribution in [0.15, 0.2) is 42.7 Å². The second-order valence-corrected chi connectivity index (χ2v) is 7.11. The minimum Gasteiger partial charge on any atom is -0.342 e. The van der Waals surface area contributed by atoms with Gasteiger partial charge in [0.1, 0.15) is 0 Å². The van der Waals surface area contributed by atoms with E-state index in [9.17, 15) is 4.79 Å². The molecule has 0 aliphatic rings. The second-order valence-electron chi connectivity index (χ2n) is 7.11. The third kappa shape index (κ3) is 3.68. The van der Waals surface area contributed by atoms with Gasteiger partial charge in [0, 0.05) is 12.4 Å². The van der Waals surface area contributed by atoms with E-state index in [4.69, 9.17) is 0 Å². The summed E-state index contributed by atoms with van der Waals surface area (Å²) >= 11 is 0. The number of rotatable bonds is 4. The zero-order valence-corrected chi connectivity index (χ0v) is 15.0. The molecule has 0 aliphatic carbocycles. The Hall–Kier alpha value is -2.76. The largest absolute Gasteiger partial charge is 0.342 e. The molecule has 0 spiro atoms. The highest BCUT2D eigenvalue weighted by atomic mass is 16.2. The second kappa shape index (κ2) is 6.63. The van der Waals surface area contributed by atoms with E-state index in [0.29, 0.717) is 5.78 Å². The summed E-state index contributed by atoms with van der Waals surface area (Å²) in [7, 11) is 0. The monoisotopic (exact) mass is 337 g/mol. The Balaban J connectivity index is 1.78. The lowest BCUT2D eigenvalue weighted by Crippen LogP contribution is -2.29. The van der Waals surface area contributed by atoms with Gasteiger partial charge in [-0.05, 0) is 29.0 Å². The zero-order valence-electron chi connectivity index (χ0n) is 15.0. The standard InChI is InChI=1S/C19H23N5O/c1-5-15(13-7-9-14(10-8-13)19(2,3)4)21-17(25)16-22-18-20-11-6-12-24(18)23-16/h6-12,15H,5H2,1-4H3,(H,21,25)/t15-/m0/s1. The lowest BCUT2D eigenvalue weighted by molar-refractivity contribution is 0.0925. The average Bonchev–Trinajstić information content (AvgIpc) is 3.03. The van der Waals surface area contributed by atoms with Crippen molar-refractivity contribution in [3.05, 3.63) is 59.7 Å². The van der Waals surface area contributed by atoms with Crippen molar-refractivity contribution in [1.29, 1.82) is 0 Å². The summed E-state index contributed by atoms with van der Waals surface area (Å²) in [6.45, 7) is 8.60. The molecule has 2 heterocycles. The molecule has 1 N–H and O–H groups in total. The van der Waals surface area contributed by atoms with E-state index in [-0.39, 0.29) is 23.2 Å². The molecule has 0 radical (unpaired) electrons. The molecule has 2 aromatic heterocycles. The van der Waals surface area contributed by atoms with Gasteiger partial charge in [-0.15, -0.1) is 5.10 Å². The van der Waals surface area contributed by atoms with Gasteiger partial charge in [-0.25, -0.2) is 9.50 Å². The predicted molar refractivity (Wildman–Crippen MR) is 96.4 cm³/mol. The fourth-order valence-electron chi connectivity index (χ4n) is 2.69. The molecule has 1 aromatic carbocycles. The molecule has 1 amide bonds. The highest BCUT2D eigenvalue weighted by molar-refractivity contribution is 5.91. The van der Waals surface area contributed by atoms with Gasteiger partial charge in [0.25, 0.3) is 11.7 Å². The third-order valence-corrected chi connectivity index (χ3v) is 4.21. The number of hydrogen-bond acceptors (Lipinski definition) is 4. The lowest BCUT2D eigenvalue weighted by Gasteiger charge is -2.21. The smallest absolute Gasteiger partial charge is 0.291 e. The van der Waals surface area contributed by atoms with Crippen LogP contribution in [0.5, 0.6) is 0 Å². The molecule has 0 bridgehead atoms. The van der Waals surface area contributed by atoms with E-state index >= 15 is 0 Å². The Kier molecular flexibility index (Phi) is 4.53. The molecule has 0 aliphatic heterocycles. The van der Waals surface area contributed by atoms with Crippen LogP contribution < -0.4 is 5.32 Å². The van der Waals surface area contributed by atoms with Gasteiger partial charge < -0.3 is 5.32 Å². The van der Waals surface area contributed by atoms with Crippen molar-refractivity contribution < 1.29 is 4.79 Å². The van der Waals surface area contributed by atoms with Crippen molar-refractivity contribution in [2.75, 3.05) is 0 Å². The molecule has 6 nitrogen and oxygen atoms in total. The van der Waals surface area contributed by atoms with Crippen molar-refractivity contribution in [2.45, 2.75) is 45.6 Å². The van der Waals surface area contributed by atoms with Crippen LogP contribution in [0.2, 0.25) is 0 Å². The maximum atomic E-state index is 12.5. The number of hydrogen-bond donors (Lipinski definition) is 1. The van der Waals surface area contributed by atoms with Crippen LogP contribution in [0.4, 0.5) is 0 Å². The van der Waals surface area contributed by atoms with Crippen LogP contribution >= 0.6 is 0 Å². The van der Waals surface area contributed by atoms with E-state index in [1.807, 2.05) is 6.92 Å². The number of aromatic nitrogens is 4. The third-order valence-electron chi connectivity index (χ3n) is 4.21. The minimum absolute atomic E-state index is 0.0823. The number of nitrogens with zero attached hydrogens (tertiary/aromatic N) is 4. The normalized spacial score (nSPS) is 13.0. The first-order valence-corrected chi connectivity index (χ1v) is 8.47. The molecule has 25 heavy (non-hydrogen) atoms. The van der Waals surface area contributed by atoms with Crippen molar-refractivity contribution >= 4 is 11.7 Å². The van der Waals surface area contributed by atoms with E-state index in [2.05, 4.69) is 65.4 Å². The molecule has 6 heteroatoms. The summed E-state index contributed by atoms with van der Waals surface area (Å²) in [5.41, 5.74) is 2.45. The summed E-state index contributed by atoms with van der Waals surface area (Å²) in [5.74, 6) is 0.246. The molecule has 1 atom stereocenters. The Morgan fingerprint density at radius 1 is 1.24 bits per heavy atom. The SMILES string of the molecule is CC[C@H](NC(=O)c1nc2ncccn2n1)c1ccc(C(C)(C)C)cc1. The van der Waals surface area contributed by atoms with Gasteiger partial charge in [0.05, 0.1) is 6.04 Å². The fourth-order valence-corrected chi connectivity index (χ4v) is 2.69. The van der Waals surface area contributed by atoms with Crippen LogP contribution in [0.25, 0.3) is 5.78 Å². The Bertz CT molecular complexity index is 844. The van der Waals surface area contributed by atoms with Gasteiger partial charge >= 0.3 is 0 Å². The molecule has 3 aromatic rings. The number of fused-ring (bicyclic) bond motifs is 1. The molecule has 130 valence electrons. The van der Waals surface area contributed by atoms with Crippen molar-refractivity contribution in [2.24, 2.45) is 0 Å². The molecule has 3 rings (SSSR count). The summed E-state index contributed by atoms with van der Waals surface area (Å²) in [5, 5.41) is 7.18. The molecular formula is C19H23N5O. The fraction of sp³-hybridized carbons (Fsp3) is 0.368. The molecule has 0 saturated carbocycles. The number of carbonyl (C=O) groups excluding carboxylic acids is 1. The van der Waals surface area contributed by atoms with Gasteiger partial charge in [-0.1, -0.05) is 52.0 Å². The van der Waals surface area contributed by atoms with Crippen LogP contribution in [0.1, 0.15) is 61.9 Å². The molecule has 0 saturated heterocycles. The van der Waals surface area contributed by atoms with Gasteiger partial charge in [-0.3, -0.25) is 4.79 Å². The van der Waals surface area contributed by atoms with E-state index < -0.39 is 0 Å². The maximum absolute atomic E-state index is 12.5. The lowest BCUT2D eigenvalue weighted by atomic mass is 9.86. The Morgan fingerprint density at radius 3 is 2.56 bits per heavy atom. The van der Waals surface area contributed by atoms with Crippen molar-refractivity contribution in [3.63, 3.8) is 0 Å². The van der Waals surface area contributed by atoms with E-state index in [1.54, 1.807) is 18.5 Å². The van der Waals surface area contributed by atoms with Crippen LogP contribution in [0.3, 0.4) is 0 Å². The van der Waals surface area contributed by atoms with Gasteiger partial charge in [0.2, 0.25) is 5.82 Å².